The second kappa shape index (κ2) is 8.49. The quantitative estimate of drug-likeness (QED) is 0.320. The first kappa shape index (κ1) is 16.5. The third-order valence-electron chi connectivity index (χ3n) is 4.67. The molecule has 0 aliphatic heterocycles. The molecule has 0 aromatic heterocycles. The van der Waals surface area contributed by atoms with Crippen molar-refractivity contribution in [2.75, 3.05) is 0 Å². The highest BCUT2D eigenvalue weighted by Crippen LogP contribution is 2.21. The van der Waals surface area contributed by atoms with E-state index in [1.165, 1.54) is 53.1 Å². The molecule has 0 aliphatic rings. The van der Waals surface area contributed by atoms with Crippen molar-refractivity contribution in [3.63, 3.8) is 0 Å². The van der Waals surface area contributed by atoms with Crippen molar-refractivity contribution < 1.29 is 0 Å². The Balaban J connectivity index is 1.62. The Morgan fingerprint density at radius 2 is 1.46 bits per heavy atom. The maximum absolute atomic E-state index is 3.78. The second-order valence-electron chi connectivity index (χ2n) is 6.52. The summed E-state index contributed by atoms with van der Waals surface area (Å²) in [6.07, 6.45) is 9.18. The predicted molar refractivity (Wildman–Crippen MR) is 106 cm³/mol. The summed E-state index contributed by atoms with van der Waals surface area (Å²) >= 11 is 0. The molecule has 0 heterocycles. The number of allylic oxidation sites excluding steroid dienone is 1. The van der Waals surface area contributed by atoms with Gasteiger partial charge in [-0.1, -0.05) is 79.2 Å². The summed E-state index contributed by atoms with van der Waals surface area (Å²) in [5.41, 5.74) is 4.25. The monoisotopic (exact) mass is 314 g/mol. The molecule has 0 saturated heterocycles. The lowest BCUT2D eigenvalue weighted by atomic mass is 9.97. The van der Waals surface area contributed by atoms with Gasteiger partial charge >= 0.3 is 0 Å². The number of hydrogen-bond donors (Lipinski definition) is 0. The molecule has 122 valence electrons. The zero-order chi connectivity index (χ0) is 16.6. The number of rotatable bonds is 8. The van der Waals surface area contributed by atoms with Gasteiger partial charge in [-0.05, 0) is 59.6 Å². The fourth-order valence-corrected chi connectivity index (χ4v) is 3.28. The van der Waals surface area contributed by atoms with Gasteiger partial charge in [0.25, 0.3) is 0 Å². The van der Waals surface area contributed by atoms with Crippen LogP contribution in [0.5, 0.6) is 0 Å². The molecule has 0 atom stereocenters. The van der Waals surface area contributed by atoms with Crippen LogP contribution in [0, 0.1) is 0 Å². The third-order valence-corrected chi connectivity index (χ3v) is 4.67. The minimum absolute atomic E-state index is 1.00. The van der Waals surface area contributed by atoms with Crippen LogP contribution in [0.1, 0.15) is 42.4 Å². The second-order valence-corrected chi connectivity index (χ2v) is 6.52. The maximum Gasteiger partial charge on any atom is -0.00196 e. The fraction of sp³-hybridized carbons (Fsp3) is 0.250. The molecule has 0 aliphatic carbocycles. The molecular formula is C24H26. The van der Waals surface area contributed by atoms with Gasteiger partial charge in [-0.15, -0.1) is 6.58 Å². The molecule has 3 rings (SSSR count). The van der Waals surface area contributed by atoms with E-state index in [-0.39, 0.29) is 0 Å². The predicted octanol–water partition coefficient (Wildman–Crippen LogP) is 6.72. The van der Waals surface area contributed by atoms with Crippen LogP contribution in [0.25, 0.3) is 10.8 Å². The fourth-order valence-electron chi connectivity index (χ4n) is 3.28. The smallest absolute Gasteiger partial charge is 0.00196 e. The van der Waals surface area contributed by atoms with E-state index < -0.39 is 0 Å². The Labute approximate surface area is 145 Å². The van der Waals surface area contributed by atoms with Crippen LogP contribution in [0.2, 0.25) is 0 Å². The lowest BCUT2D eigenvalue weighted by molar-refractivity contribution is 0.687. The van der Waals surface area contributed by atoms with E-state index in [0.29, 0.717) is 0 Å². The Hall–Kier alpha value is -2.34. The minimum atomic E-state index is 1.00. The van der Waals surface area contributed by atoms with Crippen molar-refractivity contribution in [1.82, 2.24) is 0 Å². The van der Waals surface area contributed by atoms with E-state index in [4.69, 9.17) is 0 Å². The average Bonchev–Trinajstić information content (AvgIpc) is 2.63. The van der Waals surface area contributed by atoms with E-state index in [2.05, 4.69) is 73.3 Å². The van der Waals surface area contributed by atoms with Crippen LogP contribution < -0.4 is 0 Å². The highest BCUT2D eigenvalue weighted by molar-refractivity contribution is 5.85. The molecule has 3 aromatic rings. The van der Waals surface area contributed by atoms with Crippen molar-refractivity contribution in [3.05, 3.63) is 96.1 Å². The number of unbranched alkanes of at least 4 members (excludes halogenated alkanes) is 3. The summed E-state index contributed by atoms with van der Waals surface area (Å²) in [5, 5.41) is 2.69. The molecule has 24 heavy (non-hydrogen) atoms. The summed E-state index contributed by atoms with van der Waals surface area (Å²) in [5.74, 6) is 0. The zero-order valence-electron chi connectivity index (χ0n) is 14.4. The summed E-state index contributed by atoms with van der Waals surface area (Å²) in [6.45, 7) is 3.78. The van der Waals surface area contributed by atoms with Gasteiger partial charge in [0.05, 0.1) is 0 Å². The van der Waals surface area contributed by atoms with Gasteiger partial charge < -0.3 is 0 Å². The van der Waals surface area contributed by atoms with Crippen molar-refractivity contribution >= 4 is 10.8 Å². The van der Waals surface area contributed by atoms with Gasteiger partial charge in [-0.3, -0.25) is 0 Å². The molecule has 0 spiro atoms. The summed E-state index contributed by atoms with van der Waals surface area (Å²) < 4.78 is 0. The molecule has 0 N–H and O–H groups in total. The third kappa shape index (κ3) is 4.35. The number of hydrogen-bond acceptors (Lipinski definition) is 0. The first-order valence-electron chi connectivity index (χ1n) is 9.02. The number of fused-ring (bicyclic) bond motifs is 1. The maximum atomic E-state index is 3.78. The Bertz CT molecular complexity index is 775. The molecule has 0 nitrogen and oxygen atoms in total. The number of benzene rings is 3. The van der Waals surface area contributed by atoms with Crippen molar-refractivity contribution in [1.29, 1.82) is 0 Å². The van der Waals surface area contributed by atoms with Gasteiger partial charge in [0.15, 0.2) is 0 Å². The summed E-state index contributed by atoms with van der Waals surface area (Å²) in [6, 6.07) is 24.4. The van der Waals surface area contributed by atoms with Crippen LogP contribution in [-0.2, 0) is 12.8 Å². The van der Waals surface area contributed by atoms with E-state index in [0.717, 1.165) is 12.8 Å². The van der Waals surface area contributed by atoms with E-state index in [1.807, 2.05) is 6.08 Å². The average molecular weight is 314 g/mol. The molecule has 0 amide bonds. The Kier molecular flexibility index (Phi) is 5.85. The van der Waals surface area contributed by atoms with Gasteiger partial charge in [0.1, 0.15) is 0 Å². The highest BCUT2D eigenvalue weighted by Gasteiger charge is 2.02. The number of aryl methyl sites for hydroxylation is 1. The minimum Gasteiger partial charge on any atom is -0.103 e. The molecule has 0 unspecified atom stereocenters. The van der Waals surface area contributed by atoms with E-state index in [1.54, 1.807) is 0 Å². The first-order valence-corrected chi connectivity index (χ1v) is 9.02. The lowest BCUT2D eigenvalue weighted by Gasteiger charge is -2.08. The van der Waals surface area contributed by atoms with E-state index >= 15 is 0 Å². The summed E-state index contributed by atoms with van der Waals surface area (Å²) in [7, 11) is 0. The largest absolute Gasteiger partial charge is 0.103 e. The molecule has 3 aromatic carbocycles. The summed E-state index contributed by atoms with van der Waals surface area (Å²) in [4.78, 5) is 0. The Morgan fingerprint density at radius 1 is 0.708 bits per heavy atom. The van der Waals surface area contributed by atoms with Crippen LogP contribution >= 0.6 is 0 Å². The normalized spacial score (nSPS) is 10.8. The Morgan fingerprint density at radius 3 is 2.29 bits per heavy atom. The van der Waals surface area contributed by atoms with Crippen LogP contribution in [0.15, 0.2) is 79.4 Å². The lowest BCUT2D eigenvalue weighted by Crippen LogP contribution is -1.91. The molecule has 0 bridgehead atoms. The van der Waals surface area contributed by atoms with Crippen LogP contribution in [-0.4, -0.2) is 0 Å². The topological polar surface area (TPSA) is 0 Å². The first-order chi connectivity index (χ1) is 11.9. The van der Waals surface area contributed by atoms with Crippen molar-refractivity contribution in [2.45, 2.75) is 38.5 Å². The van der Waals surface area contributed by atoms with Crippen LogP contribution in [0.4, 0.5) is 0 Å². The van der Waals surface area contributed by atoms with Crippen molar-refractivity contribution in [3.8, 4) is 0 Å². The highest BCUT2D eigenvalue weighted by atomic mass is 14.1. The van der Waals surface area contributed by atoms with Gasteiger partial charge in [0.2, 0.25) is 0 Å². The van der Waals surface area contributed by atoms with Gasteiger partial charge in [-0.25, -0.2) is 0 Å². The van der Waals surface area contributed by atoms with E-state index in [9.17, 15) is 0 Å². The molecule has 0 saturated carbocycles. The van der Waals surface area contributed by atoms with Gasteiger partial charge in [-0.2, -0.15) is 0 Å². The van der Waals surface area contributed by atoms with Gasteiger partial charge in [0, 0.05) is 0 Å². The zero-order valence-corrected chi connectivity index (χ0v) is 14.4. The molecule has 0 fully saturated rings. The molecule has 0 radical (unpaired) electrons. The molecular weight excluding hydrogens is 288 g/mol. The SMILES string of the molecule is C=CCCCCCc1ccc(Cc2cccc3ccccc23)cc1. The van der Waals surface area contributed by atoms with Crippen molar-refractivity contribution in [2.24, 2.45) is 0 Å². The van der Waals surface area contributed by atoms with Crippen LogP contribution in [0.3, 0.4) is 0 Å². The standard InChI is InChI=1S/C24H26/c1-2-3-4-5-6-10-20-15-17-21(18-16-20)19-23-13-9-12-22-11-7-8-14-24(22)23/h2,7-9,11-18H,1,3-6,10,19H2. The molecule has 0 heteroatoms.